The maximum Gasteiger partial charge on any atom is 0.336 e. The van der Waals surface area contributed by atoms with Crippen LogP contribution in [0.15, 0.2) is 53.9 Å². The normalized spacial score (nSPS) is 10.5. The van der Waals surface area contributed by atoms with Crippen LogP contribution in [0.1, 0.15) is 15.9 Å². The van der Waals surface area contributed by atoms with Crippen LogP contribution in [0.25, 0.3) is 21.8 Å². The van der Waals surface area contributed by atoms with Gasteiger partial charge in [-0.1, -0.05) is 48.0 Å². The van der Waals surface area contributed by atoms with Crippen molar-refractivity contribution in [2.45, 2.75) is 6.92 Å². The van der Waals surface area contributed by atoms with Gasteiger partial charge in [-0.2, -0.15) is 0 Å². The lowest BCUT2D eigenvalue weighted by molar-refractivity contribution is 0.0697. The molecule has 0 spiro atoms. The lowest BCUT2D eigenvalue weighted by Crippen LogP contribution is -1.98. The summed E-state index contributed by atoms with van der Waals surface area (Å²) in [6, 6.07) is 15.1. The van der Waals surface area contributed by atoms with E-state index in [1.807, 2.05) is 42.6 Å². The molecule has 0 radical (unpaired) electrons. The van der Waals surface area contributed by atoms with Crippen molar-refractivity contribution in [3.8, 4) is 21.8 Å². The number of hydrogen-bond acceptors (Lipinski definition) is 3. The third-order valence-electron chi connectivity index (χ3n) is 3.24. The molecule has 1 heterocycles. The Morgan fingerprint density at radius 1 is 1.10 bits per heavy atom. The molecule has 1 N–H and O–H groups in total. The van der Waals surface area contributed by atoms with Gasteiger partial charge in [-0.15, -0.1) is 11.3 Å². The second-order valence-corrected chi connectivity index (χ2v) is 5.61. The van der Waals surface area contributed by atoms with Gasteiger partial charge in [0.2, 0.25) is 0 Å². The SMILES string of the molecule is Cc1ccc(-c2csc(-c3ccccc3C(=O)O)n2)cc1. The van der Waals surface area contributed by atoms with Crippen LogP contribution in [-0.4, -0.2) is 16.1 Å². The average Bonchev–Trinajstić information content (AvgIpc) is 2.97. The largest absolute Gasteiger partial charge is 0.478 e. The van der Waals surface area contributed by atoms with Gasteiger partial charge in [0.1, 0.15) is 5.01 Å². The molecule has 3 rings (SSSR count). The van der Waals surface area contributed by atoms with E-state index < -0.39 is 5.97 Å². The highest BCUT2D eigenvalue weighted by molar-refractivity contribution is 7.13. The minimum atomic E-state index is -0.933. The first-order valence-corrected chi connectivity index (χ1v) is 7.38. The molecule has 0 saturated heterocycles. The van der Waals surface area contributed by atoms with E-state index in [-0.39, 0.29) is 5.56 Å². The predicted octanol–water partition coefficient (Wildman–Crippen LogP) is 4.48. The number of carboxylic acid groups (broad SMARTS) is 1. The number of thiazole rings is 1. The molecule has 104 valence electrons. The van der Waals surface area contributed by atoms with Gasteiger partial charge in [0, 0.05) is 16.5 Å². The van der Waals surface area contributed by atoms with E-state index in [1.54, 1.807) is 18.2 Å². The van der Waals surface area contributed by atoms with Crippen molar-refractivity contribution in [2.24, 2.45) is 0 Å². The molecule has 3 aromatic rings. The summed E-state index contributed by atoms with van der Waals surface area (Å²) in [6.45, 7) is 2.04. The van der Waals surface area contributed by atoms with Crippen LogP contribution in [0, 0.1) is 6.92 Å². The van der Waals surface area contributed by atoms with Gasteiger partial charge in [0.05, 0.1) is 11.3 Å². The Hall–Kier alpha value is -2.46. The number of aromatic carboxylic acids is 1. The average molecular weight is 295 g/mol. The second-order valence-electron chi connectivity index (χ2n) is 4.75. The Labute approximate surface area is 126 Å². The third kappa shape index (κ3) is 2.71. The highest BCUT2D eigenvalue weighted by Crippen LogP contribution is 2.31. The number of benzene rings is 2. The number of carboxylic acids is 1. The molecule has 0 aliphatic rings. The Balaban J connectivity index is 2.03. The lowest BCUT2D eigenvalue weighted by atomic mass is 10.1. The number of aromatic nitrogens is 1. The highest BCUT2D eigenvalue weighted by atomic mass is 32.1. The van der Waals surface area contributed by atoms with E-state index in [9.17, 15) is 9.90 Å². The van der Waals surface area contributed by atoms with Crippen LogP contribution < -0.4 is 0 Å². The Morgan fingerprint density at radius 3 is 2.52 bits per heavy atom. The predicted molar refractivity (Wildman–Crippen MR) is 84.7 cm³/mol. The van der Waals surface area contributed by atoms with Crippen LogP contribution in [0.5, 0.6) is 0 Å². The molecule has 0 aliphatic carbocycles. The van der Waals surface area contributed by atoms with Crippen molar-refractivity contribution < 1.29 is 9.90 Å². The van der Waals surface area contributed by atoms with Gasteiger partial charge in [0.25, 0.3) is 0 Å². The first kappa shape index (κ1) is 13.5. The first-order chi connectivity index (χ1) is 10.1. The van der Waals surface area contributed by atoms with Crippen molar-refractivity contribution in [1.82, 2.24) is 4.98 Å². The molecule has 3 nitrogen and oxygen atoms in total. The van der Waals surface area contributed by atoms with Crippen LogP contribution in [-0.2, 0) is 0 Å². The van der Waals surface area contributed by atoms with Gasteiger partial charge >= 0.3 is 5.97 Å². The summed E-state index contributed by atoms with van der Waals surface area (Å²) in [6.07, 6.45) is 0. The fraction of sp³-hybridized carbons (Fsp3) is 0.0588. The van der Waals surface area contributed by atoms with E-state index in [0.717, 1.165) is 16.3 Å². The molecule has 0 fully saturated rings. The van der Waals surface area contributed by atoms with Crippen LogP contribution in [0.2, 0.25) is 0 Å². The topological polar surface area (TPSA) is 50.2 Å². The van der Waals surface area contributed by atoms with Gasteiger partial charge in [-0.3, -0.25) is 0 Å². The Bertz CT molecular complexity index is 791. The van der Waals surface area contributed by atoms with Crippen molar-refractivity contribution in [3.05, 3.63) is 65.0 Å². The van der Waals surface area contributed by atoms with Crippen LogP contribution in [0.3, 0.4) is 0 Å². The standard InChI is InChI=1S/C17H13NO2S/c1-11-6-8-12(9-7-11)15-10-21-16(18-15)13-4-2-3-5-14(13)17(19)20/h2-10H,1H3,(H,19,20). The monoisotopic (exact) mass is 295 g/mol. The molecule has 1 aromatic heterocycles. The van der Waals surface area contributed by atoms with Crippen molar-refractivity contribution in [1.29, 1.82) is 0 Å². The molecule has 0 amide bonds. The fourth-order valence-electron chi connectivity index (χ4n) is 2.11. The van der Waals surface area contributed by atoms with E-state index in [4.69, 9.17) is 0 Å². The van der Waals surface area contributed by atoms with Gasteiger partial charge in [-0.05, 0) is 13.0 Å². The van der Waals surface area contributed by atoms with Crippen molar-refractivity contribution in [2.75, 3.05) is 0 Å². The van der Waals surface area contributed by atoms with Gasteiger partial charge in [-0.25, -0.2) is 9.78 Å². The van der Waals surface area contributed by atoms with Crippen LogP contribution in [0.4, 0.5) is 0 Å². The minimum absolute atomic E-state index is 0.280. The summed E-state index contributed by atoms with van der Waals surface area (Å²) >= 11 is 1.46. The van der Waals surface area contributed by atoms with Crippen molar-refractivity contribution >= 4 is 17.3 Å². The fourth-order valence-corrected chi connectivity index (χ4v) is 2.98. The number of nitrogens with zero attached hydrogens (tertiary/aromatic N) is 1. The molecule has 21 heavy (non-hydrogen) atoms. The van der Waals surface area contributed by atoms with E-state index in [1.165, 1.54) is 16.9 Å². The number of rotatable bonds is 3. The molecule has 0 unspecified atom stereocenters. The quantitative estimate of drug-likeness (QED) is 0.775. The van der Waals surface area contributed by atoms with E-state index in [0.29, 0.717) is 5.56 Å². The summed E-state index contributed by atoms with van der Waals surface area (Å²) in [5.41, 5.74) is 4.05. The second kappa shape index (κ2) is 5.50. The third-order valence-corrected chi connectivity index (χ3v) is 4.11. The first-order valence-electron chi connectivity index (χ1n) is 6.50. The zero-order chi connectivity index (χ0) is 14.8. The Morgan fingerprint density at radius 2 is 1.81 bits per heavy atom. The summed E-state index contributed by atoms with van der Waals surface area (Å²) < 4.78 is 0. The zero-order valence-electron chi connectivity index (χ0n) is 11.4. The molecule has 2 aromatic carbocycles. The molecule has 0 aliphatic heterocycles. The Kier molecular flexibility index (Phi) is 3.54. The molecular formula is C17H13NO2S. The van der Waals surface area contributed by atoms with E-state index >= 15 is 0 Å². The molecule has 0 atom stereocenters. The van der Waals surface area contributed by atoms with Gasteiger partial charge in [0.15, 0.2) is 0 Å². The maximum absolute atomic E-state index is 11.3. The summed E-state index contributed by atoms with van der Waals surface area (Å²) in [5.74, 6) is -0.933. The summed E-state index contributed by atoms with van der Waals surface area (Å²) in [4.78, 5) is 15.9. The maximum atomic E-state index is 11.3. The number of hydrogen-bond donors (Lipinski definition) is 1. The smallest absolute Gasteiger partial charge is 0.336 e. The highest BCUT2D eigenvalue weighted by Gasteiger charge is 2.14. The minimum Gasteiger partial charge on any atom is -0.478 e. The van der Waals surface area contributed by atoms with Gasteiger partial charge < -0.3 is 5.11 Å². The van der Waals surface area contributed by atoms with Crippen molar-refractivity contribution in [3.63, 3.8) is 0 Å². The number of aryl methyl sites for hydroxylation is 1. The summed E-state index contributed by atoms with van der Waals surface area (Å²) in [5, 5.41) is 11.9. The zero-order valence-corrected chi connectivity index (χ0v) is 12.2. The van der Waals surface area contributed by atoms with E-state index in [2.05, 4.69) is 4.98 Å². The lowest BCUT2D eigenvalue weighted by Gasteiger charge is -2.02. The molecule has 0 saturated carbocycles. The summed E-state index contributed by atoms with van der Waals surface area (Å²) in [7, 11) is 0. The van der Waals surface area contributed by atoms with Crippen LogP contribution >= 0.6 is 11.3 Å². The number of carbonyl (C=O) groups is 1. The molecular weight excluding hydrogens is 282 g/mol. The molecule has 0 bridgehead atoms. The molecule has 4 heteroatoms.